The SMILES string of the molecule is Cc1cc(CSC(=N)N)ccc1OCCC(C)C.Cl. The lowest BCUT2D eigenvalue weighted by Crippen LogP contribution is -2.04. The molecule has 5 heteroatoms. The summed E-state index contributed by atoms with van der Waals surface area (Å²) in [6.45, 7) is 7.20. The van der Waals surface area contributed by atoms with Gasteiger partial charge in [-0.25, -0.2) is 0 Å². The number of amidine groups is 1. The van der Waals surface area contributed by atoms with Gasteiger partial charge in [0.05, 0.1) is 6.61 Å². The van der Waals surface area contributed by atoms with E-state index in [9.17, 15) is 0 Å². The molecule has 0 fully saturated rings. The van der Waals surface area contributed by atoms with Crippen LogP contribution in [0.4, 0.5) is 0 Å². The minimum absolute atomic E-state index is 0. The Morgan fingerprint density at radius 1 is 1.42 bits per heavy atom. The van der Waals surface area contributed by atoms with E-state index in [1.54, 1.807) is 0 Å². The number of nitrogens with one attached hydrogen (secondary N) is 1. The van der Waals surface area contributed by atoms with E-state index in [4.69, 9.17) is 15.9 Å². The van der Waals surface area contributed by atoms with Crippen LogP contribution in [-0.4, -0.2) is 11.8 Å². The maximum absolute atomic E-state index is 7.19. The molecule has 3 N–H and O–H groups in total. The second-order valence-electron chi connectivity index (χ2n) is 4.78. The van der Waals surface area contributed by atoms with Gasteiger partial charge < -0.3 is 10.5 Å². The lowest BCUT2D eigenvalue weighted by molar-refractivity contribution is 0.288. The van der Waals surface area contributed by atoms with Gasteiger partial charge in [0, 0.05) is 5.75 Å². The van der Waals surface area contributed by atoms with E-state index in [1.807, 2.05) is 19.1 Å². The molecule has 1 aromatic carbocycles. The zero-order valence-electron chi connectivity index (χ0n) is 11.7. The largest absolute Gasteiger partial charge is 0.493 e. The first-order valence-corrected chi connectivity index (χ1v) is 7.16. The molecule has 0 unspecified atom stereocenters. The minimum Gasteiger partial charge on any atom is -0.493 e. The molecule has 0 aromatic heterocycles. The normalized spacial score (nSPS) is 10.1. The summed E-state index contributed by atoms with van der Waals surface area (Å²) in [5.74, 6) is 2.35. The van der Waals surface area contributed by atoms with Crippen molar-refractivity contribution < 1.29 is 4.74 Å². The quantitative estimate of drug-likeness (QED) is 0.617. The molecule has 0 spiro atoms. The average molecular weight is 303 g/mol. The van der Waals surface area contributed by atoms with Crippen molar-refractivity contribution in [3.8, 4) is 5.75 Å². The number of benzene rings is 1. The number of aryl methyl sites for hydroxylation is 1. The highest BCUT2D eigenvalue weighted by Gasteiger charge is 2.03. The van der Waals surface area contributed by atoms with Gasteiger partial charge in [-0.15, -0.1) is 12.4 Å². The van der Waals surface area contributed by atoms with Crippen LogP contribution in [0.1, 0.15) is 31.4 Å². The van der Waals surface area contributed by atoms with Crippen LogP contribution in [0, 0.1) is 18.3 Å². The van der Waals surface area contributed by atoms with Gasteiger partial charge >= 0.3 is 0 Å². The van der Waals surface area contributed by atoms with Crippen molar-refractivity contribution in [3.63, 3.8) is 0 Å². The number of rotatable bonds is 6. The molecular formula is C14H23ClN2OS. The van der Waals surface area contributed by atoms with Crippen molar-refractivity contribution >= 4 is 29.3 Å². The molecule has 0 heterocycles. The Balaban J connectivity index is 0.00000324. The van der Waals surface area contributed by atoms with Crippen LogP contribution in [0.3, 0.4) is 0 Å². The molecule has 0 aliphatic heterocycles. The molecule has 108 valence electrons. The van der Waals surface area contributed by atoms with Crippen molar-refractivity contribution in [3.05, 3.63) is 29.3 Å². The van der Waals surface area contributed by atoms with Gasteiger partial charge in [-0.2, -0.15) is 0 Å². The highest BCUT2D eigenvalue weighted by molar-refractivity contribution is 8.13. The summed E-state index contributed by atoms with van der Waals surface area (Å²) in [5, 5.41) is 7.34. The number of thioether (sulfide) groups is 1. The van der Waals surface area contributed by atoms with Gasteiger partial charge in [0.2, 0.25) is 0 Å². The number of halogens is 1. The topological polar surface area (TPSA) is 59.1 Å². The van der Waals surface area contributed by atoms with E-state index < -0.39 is 0 Å². The van der Waals surface area contributed by atoms with E-state index in [2.05, 4.69) is 19.9 Å². The van der Waals surface area contributed by atoms with Crippen LogP contribution in [0.15, 0.2) is 18.2 Å². The molecule has 0 saturated heterocycles. The van der Waals surface area contributed by atoms with E-state index >= 15 is 0 Å². The highest BCUT2D eigenvalue weighted by Crippen LogP contribution is 2.22. The lowest BCUT2D eigenvalue weighted by atomic mass is 10.1. The van der Waals surface area contributed by atoms with Gasteiger partial charge in [0.25, 0.3) is 0 Å². The summed E-state index contributed by atoms with van der Waals surface area (Å²) in [5.41, 5.74) is 7.63. The molecule has 1 rings (SSSR count). The van der Waals surface area contributed by atoms with Crippen molar-refractivity contribution in [2.75, 3.05) is 6.61 Å². The minimum atomic E-state index is 0. The number of nitrogens with two attached hydrogens (primary N) is 1. The third-order valence-corrected chi connectivity index (χ3v) is 3.38. The second kappa shape index (κ2) is 9.10. The van der Waals surface area contributed by atoms with Gasteiger partial charge in [0.1, 0.15) is 5.75 Å². The van der Waals surface area contributed by atoms with E-state index in [-0.39, 0.29) is 17.6 Å². The first kappa shape index (κ1) is 18.1. The van der Waals surface area contributed by atoms with E-state index in [0.29, 0.717) is 5.92 Å². The fourth-order valence-corrected chi connectivity index (χ4v) is 2.03. The molecule has 0 atom stereocenters. The maximum Gasteiger partial charge on any atom is 0.151 e. The molecular weight excluding hydrogens is 280 g/mol. The summed E-state index contributed by atoms with van der Waals surface area (Å²) < 4.78 is 5.75. The Morgan fingerprint density at radius 3 is 2.63 bits per heavy atom. The van der Waals surface area contributed by atoms with Crippen molar-refractivity contribution in [2.45, 2.75) is 32.9 Å². The van der Waals surface area contributed by atoms with Gasteiger partial charge in [-0.1, -0.05) is 37.7 Å². The molecule has 3 nitrogen and oxygen atoms in total. The summed E-state index contributed by atoms with van der Waals surface area (Å²) in [6, 6.07) is 6.14. The van der Waals surface area contributed by atoms with E-state index in [0.717, 1.165) is 30.1 Å². The molecule has 0 saturated carbocycles. The predicted molar refractivity (Wildman–Crippen MR) is 86.6 cm³/mol. The fourth-order valence-electron chi connectivity index (χ4n) is 1.53. The van der Waals surface area contributed by atoms with Crippen LogP contribution in [0.2, 0.25) is 0 Å². The van der Waals surface area contributed by atoms with Crippen LogP contribution in [0.5, 0.6) is 5.75 Å². The standard InChI is InChI=1S/C14H22N2OS.ClH/c1-10(2)6-7-17-13-5-4-12(8-11(13)3)9-18-14(15)16;/h4-5,8,10H,6-7,9H2,1-3H3,(H3,15,16);1H. The lowest BCUT2D eigenvalue weighted by Gasteiger charge is -2.11. The second-order valence-corrected chi connectivity index (χ2v) is 5.80. The van der Waals surface area contributed by atoms with E-state index in [1.165, 1.54) is 17.3 Å². The molecule has 0 aliphatic carbocycles. The fraction of sp³-hybridized carbons (Fsp3) is 0.500. The maximum atomic E-state index is 7.19. The number of ether oxygens (including phenoxy) is 1. The summed E-state index contributed by atoms with van der Waals surface area (Å²) in [4.78, 5) is 0. The zero-order chi connectivity index (χ0) is 13.5. The van der Waals surface area contributed by atoms with Crippen LogP contribution in [0.25, 0.3) is 0 Å². The molecule has 0 radical (unpaired) electrons. The summed E-state index contributed by atoms with van der Waals surface area (Å²) >= 11 is 1.34. The molecule has 1 aromatic rings. The third-order valence-electron chi connectivity index (χ3n) is 2.59. The predicted octanol–water partition coefficient (Wildman–Crippen LogP) is 3.97. The Labute approximate surface area is 126 Å². The average Bonchev–Trinajstić information content (AvgIpc) is 2.28. The van der Waals surface area contributed by atoms with Gasteiger partial charge in [-0.3, -0.25) is 5.41 Å². The van der Waals surface area contributed by atoms with Crippen molar-refractivity contribution in [1.29, 1.82) is 5.41 Å². The molecule has 0 amide bonds. The van der Waals surface area contributed by atoms with Crippen LogP contribution in [-0.2, 0) is 5.75 Å². The van der Waals surface area contributed by atoms with Crippen LogP contribution < -0.4 is 10.5 Å². The Kier molecular flexibility index (Phi) is 8.68. The first-order valence-electron chi connectivity index (χ1n) is 6.18. The third kappa shape index (κ3) is 7.33. The Hall–Kier alpha value is -0.870. The number of hydrogen-bond acceptors (Lipinski definition) is 3. The zero-order valence-corrected chi connectivity index (χ0v) is 13.4. The van der Waals surface area contributed by atoms with Crippen LogP contribution >= 0.6 is 24.2 Å². The van der Waals surface area contributed by atoms with Gasteiger partial charge in [0.15, 0.2) is 5.17 Å². The number of hydrogen-bond donors (Lipinski definition) is 2. The summed E-state index contributed by atoms with van der Waals surface area (Å²) in [6.07, 6.45) is 1.07. The highest BCUT2D eigenvalue weighted by atomic mass is 35.5. The van der Waals surface area contributed by atoms with Crippen molar-refractivity contribution in [1.82, 2.24) is 0 Å². The smallest absolute Gasteiger partial charge is 0.151 e. The molecule has 0 bridgehead atoms. The Morgan fingerprint density at radius 2 is 2.11 bits per heavy atom. The Bertz CT molecular complexity index is 410. The van der Waals surface area contributed by atoms with Gasteiger partial charge in [-0.05, 0) is 36.5 Å². The molecule has 19 heavy (non-hydrogen) atoms. The molecule has 0 aliphatic rings. The summed E-state index contributed by atoms with van der Waals surface area (Å²) in [7, 11) is 0. The van der Waals surface area contributed by atoms with Crippen molar-refractivity contribution in [2.24, 2.45) is 11.7 Å². The first-order chi connectivity index (χ1) is 8.49. The monoisotopic (exact) mass is 302 g/mol.